The van der Waals surface area contributed by atoms with Gasteiger partial charge in [0.15, 0.2) is 0 Å². The van der Waals surface area contributed by atoms with Gasteiger partial charge in [-0.05, 0) is 20.7 Å². The van der Waals surface area contributed by atoms with E-state index in [-0.39, 0.29) is 0 Å². The van der Waals surface area contributed by atoms with Gasteiger partial charge in [-0.15, -0.1) is 0 Å². The van der Waals surface area contributed by atoms with Gasteiger partial charge in [0.05, 0.1) is 6.54 Å². The lowest BCUT2D eigenvalue weighted by Crippen LogP contribution is -2.25. The van der Waals surface area contributed by atoms with Crippen LogP contribution in [0.1, 0.15) is 6.92 Å². The molecule has 2 heteroatoms. The highest BCUT2D eigenvalue weighted by atomic mass is 14.9. The Hall–Kier alpha value is -0.630. The van der Waals surface area contributed by atoms with Gasteiger partial charge in [0, 0.05) is 6.04 Å². The van der Waals surface area contributed by atoms with Crippen LogP contribution in [0.15, 0.2) is 17.1 Å². The van der Waals surface area contributed by atoms with E-state index in [2.05, 4.69) is 23.1 Å². The minimum Gasteiger partial charge on any atom is -0.312 e. The molecule has 0 fully saturated rings. The summed E-state index contributed by atoms with van der Waals surface area (Å²) in [6.07, 6.45) is 4.07. The molecule has 1 N–H and O–H groups in total. The van der Waals surface area contributed by atoms with Gasteiger partial charge >= 0.3 is 0 Å². The second-order valence-corrected chi connectivity index (χ2v) is 1.83. The predicted octanol–water partition coefficient (Wildman–Crippen LogP) is 0.851. The molecule has 0 aromatic carbocycles. The number of nitrogens with zero attached hydrogens (tertiary/aromatic N) is 1. The van der Waals surface area contributed by atoms with E-state index in [0.717, 1.165) is 6.54 Å². The fraction of sp³-hybridized carbons (Fsp3) is 0.571. The number of hydrogen-bond acceptors (Lipinski definition) is 2. The fourth-order valence-corrected chi connectivity index (χ4v) is 0.620. The smallest absolute Gasteiger partial charge is 0.0571 e. The van der Waals surface area contributed by atoms with Crippen LogP contribution in [0.5, 0.6) is 0 Å². The highest BCUT2D eigenvalue weighted by Gasteiger charge is 1.94. The van der Waals surface area contributed by atoms with Crippen molar-refractivity contribution in [2.45, 2.75) is 13.0 Å². The Kier molecular flexibility index (Phi) is 5.12. The first-order valence-corrected chi connectivity index (χ1v) is 3.07. The van der Waals surface area contributed by atoms with Crippen LogP contribution in [-0.2, 0) is 0 Å². The van der Waals surface area contributed by atoms with E-state index in [0.29, 0.717) is 6.04 Å². The van der Waals surface area contributed by atoms with Crippen molar-refractivity contribution in [3.05, 3.63) is 12.2 Å². The van der Waals surface area contributed by atoms with Gasteiger partial charge in [-0.3, -0.25) is 4.99 Å². The molecule has 0 aliphatic heterocycles. The minimum atomic E-state index is 0.354. The van der Waals surface area contributed by atoms with Crippen LogP contribution in [0.2, 0.25) is 0 Å². The van der Waals surface area contributed by atoms with Crippen molar-refractivity contribution < 1.29 is 0 Å². The molecule has 1 unspecified atom stereocenters. The first-order valence-electron chi connectivity index (χ1n) is 3.07. The van der Waals surface area contributed by atoms with Crippen LogP contribution >= 0.6 is 0 Å². The molecule has 0 aliphatic carbocycles. The molecule has 0 heterocycles. The van der Waals surface area contributed by atoms with Crippen molar-refractivity contribution in [2.24, 2.45) is 4.99 Å². The van der Waals surface area contributed by atoms with E-state index in [4.69, 9.17) is 0 Å². The third-order valence-corrected chi connectivity index (χ3v) is 1.12. The number of likely N-dealkylation sites (N-methyl/N-ethyl adjacent to an activating group) is 1. The summed E-state index contributed by atoms with van der Waals surface area (Å²) in [5.74, 6) is 0. The zero-order valence-electron chi connectivity index (χ0n) is 6.09. The van der Waals surface area contributed by atoms with Crippen LogP contribution in [0.4, 0.5) is 0 Å². The van der Waals surface area contributed by atoms with E-state index in [1.165, 1.54) is 0 Å². The van der Waals surface area contributed by atoms with Crippen LogP contribution in [0, 0.1) is 0 Å². The van der Waals surface area contributed by atoms with Crippen LogP contribution in [0.25, 0.3) is 0 Å². The lowest BCUT2D eigenvalue weighted by atomic mass is 10.3. The maximum absolute atomic E-state index is 3.76. The van der Waals surface area contributed by atoms with Crippen molar-refractivity contribution in [2.75, 3.05) is 13.6 Å². The predicted molar refractivity (Wildman–Crippen MR) is 42.1 cm³/mol. The maximum atomic E-state index is 3.76. The second kappa shape index (κ2) is 5.51. The summed E-state index contributed by atoms with van der Waals surface area (Å²) >= 11 is 0. The summed E-state index contributed by atoms with van der Waals surface area (Å²) in [4.78, 5) is 3.76. The summed E-state index contributed by atoms with van der Waals surface area (Å²) in [6, 6.07) is 0.354. The van der Waals surface area contributed by atoms with E-state index in [1.54, 1.807) is 0 Å². The Morgan fingerprint density at radius 1 is 1.78 bits per heavy atom. The molecule has 0 aromatic heterocycles. The molecule has 2 nitrogen and oxygen atoms in total. The van der Waals surface area contributed by atoms with E-state index in [9.17, 15) is 0 Å². The summed E-state index contributed by atoms with van der Waals surface area (Å²) in [5.41, 5.74) is 0. The Labute approximate surface area is 56.7 Å². The Morgan fingerprint density at radius 3 is 2.78 bits per heavy atom. The zero-order chi connectivity index (χ0) is 7.11. The normalized spacial score (nSPS) is 14.0. The lowest BCUT2D eigenvalue weighted by Gasteiger charge is -2.05. The number of hydrogen-bond donors (Lipinski definition) is 1. The first-order chi connectivity index (χ1) is 4.35. The third-order valence-electron chi connectivity index (χ3n) is 1.12. The largest absolute Gasteiger partial charge is 0.312 e. The van der Waals surface area contributed by atoms with Gasteiger partial charge in [0.2, 0.25) is 0 Å². The average Bonchev–Trinajstić information content (AvgIpc) is 1.88. The molecule has 52 valence electrons. The van der Waals surface area contributed by atoms with Crippen LogP contribution in [0.3, 0.4) is 0 Å². The van der Waals surface area contributed by atoms with Crippen molar-refractivity contribution in [3.63, 3.8) is 0 Å². The topological polar surface area (TPSA) is 24.4 Å². The number of nitrogens with one attached hydrogen (secondary N) is 1. The molecule has 0 bridgehead atoms. The molecule has 1 atom stereocenters. The van der Waals surface area contributed by atoms with Gasteiger partial charge < -0.3 is 5.32 Å². The van der Waals surface area contributed by atoms with Crippen molar-refractivity contribution in [1.29, 1.82) is 0 Å². The molecule has 0 amide bonds. The molecule has 0 aliphatic rings. The third kappa shape index (κ3) is 3.91. The van der Waals surface area contributed by atoms with Gasteiger partial charge in [-0.25, -0.2) is 0 Å². The molecule has 0 rings (SSSR count). The van der Waals surface area contributed by atoms with Crippen molar-refractivity contribution in [1.82, 2.24) is 5.32 Å². The molecule has 0 radical (unpaired) electrons. The number of rotatable bonds is 4. The zero-order valence-corrected chi connectivity index (χ0v) is 6.09. The lowest BCUT2D eigenvalue weighted by molar-refractivity contribution is 0.679. The highest BCUT2D eigenvalue weighted by Crippen LogP contribution is 1.84. The quantitative estimate of drug-likeness (QED) is 0.438. The Bertz CT molecular complexity index is 97.1. The molecule has 0 saturated heterocycles. The van der Waals surface area contributed by atoms with E-state index >= 15 is 0 Å². The fourth-order valence-electron chi connectivity index (χ4n) is 0.620. The first kappa shape index (κ1) is 8.37. The monoisotopic (exact) mass is 126 g/mol. The van der Waals surface area contributed by atoms with Gasteiger partial charge in [0.25, 0.3) is 0 Å². The average molecular weight is 126 g/mol. The van der Waals surface area contributed by atoms with E-state index < -0.39 is 0 Å². The second-order valence-electron chi connectivity index (χ2n) is 1.83. The SMILES string of the molecule is C=NCC(/C=C\C)NC. The number of aliphatic imine (C=N–C) groups is 1. The van der Waals surface area contributed by atoms with Gasteiger partial charge in [-0.2, -0.15) is 0 Å². The minimum absolute atomic E-state index is 0.354. The molecule has 0 aromatic rings. The summed E-state index contributed by atoms with van der Waals surface area (Å²) in [5, 5.41) is 3.08. The van der Waals surface area contributed by atoms with Gasteiger partial charge in [-0.1, -0.05) is 12.2 Å². The molecule has 9 heavy (non-hydrogen) atoms. The summed E-state index contributed by atoms with van der Waals surface area (Å²) in [7, 11) is 1.91. The molecule has 0 saturated carbocycles. The molecule has 0 spiro atoms. The van der Waals surface area contributed by atoms with Crippen molar-refractivity contribution in [3.8, 4) is 0 Å². The molecular formula is C7H14N2. The van der Waals surface area contributed by atoms with Crippen LogP contribution < -0.4 is 5.32 Å². The van der Waals surface area contributed by atoms with Crippen LogP contribution in [-0.4, -0.2) is 26.4 Å². The Balaban J connectivity index is 3.53. The summed E-state index contributed by atoms with van der Waals surface area (Å²) in [6.45, 7) is 6.15. The van der Waals surface area contributed by atoms with E-state index in [1.807, 2.05) is 20.0 Å². The van der Waals surface area contributed by atoms with Gasteiger partial charge in [0.1, 0.15) is 0 Å². The maximum Gasteiger partial charge on any atom is 0.0571 e. The summed E-state index contributed by atoms with van der Waals surface area (Å²) < 4.78 is 0. The number of allylic oxidation sites excluding steroid dienone is 1. The highest BCUT2D eigenvalue weighted by molar-refractivity contribution is 5.23. The standard InChI is InChI=1S/C7H14N2/c1-4-5-7(9-3)6-8-2/h4-5,7,9H,2,6H2,1,3H3/b5-4-. The van der Waals surface area contributed by atoms with Crippen molar-refractivity contribution >= 4 is 6.72 Å². The Morgan fingerprint density at radius 2 is 2.44 bits per heavy atom. The molecular weight excluding hydrogens is 112 g/mol.